The van der Waals surface area contributed by atoms with E-state index in [1.807, 2.05) is 42.9 Å². The average molecular weight is 384 g/mol. The minimum atomic E-state index is 0.207. The Bertz CT molecular complexity index is 773. The molecule has 0 amide bonds. The minimum absolute atomic E-state index is 0.207. The molecule has 0 N–H and O–H groups in total. The molecule has 1 heterocycles. The van der Waals surface area contributed by atoms with Crippen LogP contribution in [0.1, 0.15) is 10.8 Å². The number of rotatable bonds is 5. The molecule has 0 saturated carbocycles. The van der Waals surface area contributed by atoms with Gasteiger partial charge in [-0.2, -0.15) is 0 Å². The maximum absolute atomic E-state index is 6.13. The van der Waals surface area contributed by atoms with Crippen molar-refractivity contribution in [1.29, 1.82) is 0 Å². The van der Waals surface area contributed by atoms with Crippen molar-refractivity contribution in [3.8, 4) is 0 Å². The van der Waals surface area contributed by atoms with E-state index in [2.05, 4.69) is 21.7 Å². The molecule has 0 saturated heterocycles. The lowest BCUT2D eigenvalue weighted by atomic mass is 10.1. The molecule has 23 heavy (non-hydrogen) atoms. The van der Waals surface area contributed by atoms with Crippen molar-refractivity contribution < 1.29 is 0 Å². The van der Waals surface area contributed by atoms with Crippen LogP contribution in [-0.2, 0) is 6.54 Å². The molecule has 0 aliphatic rings. The summed E-state index contributed by atoms with van der Waals surface area (Å²) in [6, 6.07) is 13.6. The first kappa shape index (κ1) is 16.7. The molecule has 1 aromatic heterocycles. The maximum atomic E-state index is 6.13. The summed E-state index contributed by atoms with van der Waals surface area (Å²) in [5.74, 6) is 0. The van der Waals surface area contributed by atoms with Crippen LogP contribution < -0.4 is 0 Å². The number of hydrogen-bond donors (Lipinski definition) is 0. The van der Waals surface area contributed by atoms with E-state index in [-0.39, 0.29) is 5.25 Å². The summed E-state index contributed by atoms with van der Waals surface area (Å²) in [7, 11) is 0. The molecular formula is C17H13Cl3N2S. The fourth-order valence-corrected chi connectivity index (χ4v) is 3.88. The first-order chi connectivity index (χ1) is 11.1. The van der Waals surface area contributed by atoms with E-state index in [0.717, 1.165) is 16.5 Å². The highest BCUT2D eigenvalue weighted by Crippen LogP contribution is 2.39. The number of hydrogen-bond acceptors (Lipinski definition) is 2. The van der Waals surface area contributed by atoms with E-state index < -0.39 is 0 Å². The van der Waals surface area contributed by atoms with Crippen molar-refractivity contribution in [1.82, 2.24) is 9.55 Å². The molecule has 2 nitrogen and oxygen atoms in total. The Kier molecular flexibility index (Phi) is 5.54. The smallest absolute Gasteiger partial charge is 0.0946 e. The summed E-state index contributed by atoms with van der Waals surface area (Å²) in [4.78, 5) is 5.18. The van der Waals surface area contributed by atoms with Crippen molar-refractivity contribution in [2.75, 3.05) is 0 Å². The van der Waals surface area contributed by atoms with Gasteiger partial charge in [0.15, 0.2) is 0 Å². The van der Waals surface area contributed by atoms with Gasteiger partial charge in [0.1, 0.15) is 0 Å². The Labute approximate surface area is 154 Å². The SMILES string of the molecule is Clc1ccc(C(Cn2ccnc2)Sc2ccc(Cl)c(Cl)c2)cc1. The highest BCUT2D eigenvalue weighted by molar-refractivity contribution is 7.99. The van der Waals surface area contributed by atoms with Gasteiger partial charge in [0.25, 0.3) is 0 Å². The number of nitrogens with zero attached hydrogens (tertiary/aromatic N) is 2. The van der Waals surface area contributed by atoms with Gasteiger partial charge in [-0.05, 0) is 35.9 Å². The predicted molar refractivity (Wildman–Crippen MR) is 98.7 cm³/mol. The van der Waals surface area contributed by atoms with Gasteiger partial charge < -0.3 is 4.57 Å². The van der Waals surface area contributed by atoms with Gasteiger partial charge in [-0.3, -0.25) is 0 Å². The Balaban J connectivity index is 1.87. The van der Waals surface area contributed by atoms with Gasteiger partial charge in [-0.15, -0.1) is 11.8 Å². The zero-order valence-corrected chi connectivity index (χ0v) is 15.1. The van der Waals surface area contributed by atoms with Crippen molar-refractivity contribution in [2.24, 2.45) is 0 Å². The van der Waals surface area contributed by atoms with E-state index in [9.17, 15) is 0 Å². The van der Waals surface area contributed by atoms with Gasteiger partial charge in [-0.1, -0.05) is 46.9 Å². The normalized spacial score (nSPS) is 12.3. The van der Waals surface area contributed by atoms with Crippen molar-refractivity contribution in [2.45, 2.75) is 16.7 Å². The Morgan fingerprint density at radius 3 is 2.43 bits per heavy atom. The van der Waals surface area contributed by atoms with Crippen molar-refractivity contribution >= 4 is 46.6 Å². The third-order valence-electron chi connectivity index (χ3n) is 3.35. The van der Waals surface area contributed by atoms with E-state index >= 15 is 0 Å². The highest BCUT2D eigenvalue weighted by Gasteiger charge is 2.15. The fraction of sp³-hybridized carbons (Fsp3) is 0.118. The molecule has 0 fully saturated rings. The lowest BCUT2D eigenvalue weighted by Crippen LogP contribution is -2.05. The first-order valence-corrected chi connectivity index (χ1v) is 8.96. The topological polar surface area (TPSA) is 17.8 Å². The zero-order valence-electron chi connectivity index (χ0n) is 12.0. The van der Waals surface area contributed by atoms with Gasteiger partial charge in [0, 0.05) is 28.9 Å². The highest BCUT2D eigenvalue weighted by atomic mass is 35.5. The van der Waals surface area contributed by atoms with E-state index in [4.69, 9.17) is 34.8 Å². The molecule has 1 atom stereocenters. The van der Waals surface area contributed by atoms with Crippen LogP contribution in [0, 0.1) is 0 Å². The number of thioether (sulfide) groups is 1. The predicted octanol–water partition coefficient (Wildman–Crippen LogP) is 6.38. The molecule has 1 unspecified atom stereocenters. The number of imidazole rings is 1. The van der Waals surface area contributed by atoms with Gasteiger partial charge in [0.05, 0.1) is 21.6 Å². The lowest BCUT2D eigenvalue weighted by Gasteiger charge is -2.18. The van der Waals surface area contributed by atoms with Crippen LogP contribution in [0.3, 0.4) is 0 Å². The molecule has 0 radical (unpaired) electrons. The lowest BCUT2D eigenvalue weighted by molar-refractivity contribution is 0.683. The average Bonchev–Trinajstić information content (AvgIpc) is 3.04. The van der Waals surface area contributed by atoms with Crippen molar-refractivity contribution in [3.05, 3.63) is 81.8 Å². The Hall–Kier alpha value is -1.13. The molecule has 118 valence electrons. The summed E-state index contributed by atoms with van der Waals surface area (Å²) >= 11 is 19.9. The molecule has 6 heteroatoms. The standard InChI is InChI=1S/C17H13Cl3N2S/c18-13-3-1-12(2-4-13)17(10-22-8-7-21-11-22)23-14-5-6-15(19)16(20)9-14/h1-9,11,17H,10H2. The van der Waals surface area contributed by atoms with Crippen LogP contribution >= 0.6 is 46.6 Å². The summed E-state index contributed by atoms with van der Waals surface area (Å²) in [5.41, 5.74) is 1.19. The molecule has 3 rings (SSSR count). The third kappa shape index (κ3) is 4.45. The Morgan fingerprint density at radius 1 is 1.00 bits per heavy atom. The van der Waals surface area contributed by atoms with Crippen LogP contribution in [0.25, 0.3) is 0 Å². The molecule has 0 bridgehead atoms. The van der Waals surface area contributed by atoms with Crippen LogP contribution in [0.15, 0.2) is 66.1 Å². The monoisotopic (exact) mass is 382 g/mol. The van der Waals surface area contributed by atoms with E-state index in [0.29, 0.717) is 10.0 Å². The van der Waals surface area contributed by atoms with E-state index in [1.54, 1.807) is 18.0 Å². The van der Waals surface area contributed by atoms with Crippen LogP contribution in [-0.4, -0.2) is 9.55 Å². The van der Waals surface area contributed by atoms with Crippen molar-refractivity contribution in [3.63, 3.8) is 0 Å². The number of benzene rings is 2. The van der Waals surface area contributed by atoms with Crippen LogP contribution in [0.4, 0.5) is 0 Å². The van der Waals surface area contributed by atoms with Gasteiger partial charge in [0.2, 0.25) is 0 Å². The van der Waals surface area contributed by atoms with E-state index in [1.165, 1.54) is 5.56 Å². The van der Waals surface area contributed by atoms with Gasteiger partial charge >= 0.3 is 0 Å². The molecule has 3 aromatic rings. The Morgan fingerprint density at radius 2 is 1.78 bits per heavy atom. The molecule has 0 aliphatic heterocycles. The summed E-state index contributed by atoms with van der Waals surface area (Å²) in [6.45, 7) is 0.798. The second kappa shape index (κ2) is 7.63. The van der Waals surface area contributed by atoms with Crippen LogP contribution in [0.2, 0.25) is 15.1 Å². The minimum Gasteiger partial charge on any atom is -0.336 e. The second-order valence-corrected chi connectivity index (χ2v) is 7.52. The summed E-state index contributed by atoms with van der Waals surface area (Å²) in [5, 5.41) is 2.07. The molecule has 0 aliphatic carbocycles. The quantitative estimate of drug-likeness (QED) is 0.476. The summed E-state index contributed by atoms with van der Waals surface area (Å²) in [6.07, 6.45) is 5.55. The zero-order chi connectivity index (χ0) is 16.2. The first-order valence-electron chi connectivity index (χ1n) is 6.95. The largest absolute Gasteiger partial charge is 0.336 e. The maximum Gasteiger partial charge on any atom is 0.0946 e. The fourth-order valence-electron chi connectivity index (χ4n) is 2.19. The van der Waals surface area contributed by atoms with Crippen LogP contribution in [0.5, 0.6) is 0 Å². The number of halogens is 3. The third-order valence-corrected chi connectivity index (χ3v) is 5.57. The molecule has 2 aromatic carbocycles. The molecular weight excluding hydrogens is 371 g/mol. The summed E-state index contributed by atoms with van der Waals surface area (Å²) < 4.78 is 2.06. The molecule has 0 spiro atoms. The van der Waals surface area contributed by atoms with Gasteiger partial charge in [-0.25, -0.2) is 4.98 Å². The second-order valence-electron chi connectivity index (χ2n) is 4.99. The number of aromatic nitrogens is 2.